The van der Waals surface area contributed by atoms with Crippen LogP contribution in [0.4, 0.5) is 5.69 Å². The van der Waals surface area contributed by atoms with Gasteiger partial charge in [-0.2, -0.15) is 0 Å². The lowest BCUT2D eigenvalue weighted by molar-refractivity contribution is -0.116. The van der Waals surface area contributed by atoms with Crippen molar-refractivity contribution in [3.63, 3.8) is 0 Å². The number of rotatable bonds is 9. The fourth-order valence-electron chi connectivity index (χ4n) is 2.82. The summed E-state index contributed by atoms with van der Waals surface area (Å²) < 4.78 is 25.4. The highest BCUT2D eigenvalue weighted by molar-refractivity contribution is 7.88. The highest BCUT2D eigenvalue weighted by Crippen LogP contribution is 2.14. The van der Waals surface area contributed by atoms with Gasteiger partial charge in [0.2, 0.25) is 15.9 Å². The molecule has 0 radical (unpaired) electrons. The molecule has 1 N–H and O–H groups in total. The number of carbonyl (C=O) groups excluding carboxylic acids is 1. The highest BCUT2D eigenvalue weighted by Gasteiger charge is 2.17. The molecule has 0 spiro atoms. The van der Waals surface area contributed by atoms with Crippen molar-refractivity contribution in [1.29, 1.82) is 0 Å². The van der Waals surface area contributed by atoms with Crippen LogP contribution in [-0.4, -0.2) is 38.0 Å². The van der Waals surface area contributed by atoms with Gasteiger partial charge in [-0.25, -0.2) is 12.7 Å². The smallest absolute Gasteiger partial charge is 0.225 e. The molecule has 5 nitrogen and oxygen atoms in total. The van der Waals surface area contributed by atoms with E-state index in [9.17, 15) is 13.2 Å². The van der Waals surface area contributed by atoms with Gasteiger partial charge in [-0.1, -0.05) is 36.4 Å². The second kappa shape index (κ2) is 9.67. The predicted molar refractivity (Wildman–Crippen MR) is 110 cm³/mol. The Morgan fingerprint density at radius 2 is 1.70 bits per heavy atom. The molecule has 2 aromatic rings. The molecule has 0 fully saturated rings. The van der Waals surface area contributed by atoms with Gasteiger partial charge in [0.25, 0.3) is 0 Å². The number of benzene rings is 2. The fourth-order valence-corrected chi connectivity index (χ4v) is 3.70. The largest absolute Gasteiger partial charge is 0.326 e. The minimum absolute atomic E-state index is 0.130. The lowest BCUT2D eigenvalue weighted by Crippen LogP contribution is -2.34. The summed E-state index contributed by atoms with van der Waals surface area (Å²) in [5, 5.41) is 2.84. The lowest BCUT2D eigenvalue weighted by Gasteiger charge is -2.19. The Morgan fingerprint density at radius 1 is 1.00 bits per heavy atom. The molecule has 2 rings (SSSR count). The van der Waals surface area contributed by atoms with Gasteiger partial charge in [0.15, 0.2) is 0 Å². The van der Waals surface area contributed by atoms with Gasteiger partial charge < -0.3 is 5.32 Å². The number of hydrogen-bond donors (Lipinski definition) is 1. The molecule has 0 aliphatic rings. The molecule has 0 aliphatic carbocycles. The standard InChI is InChI=1S/C21H28N2O3S/c1-17-11-12-20(16-18(17)2)22-21(24)13-15-23(27(3,25)26)14-7-10-19-8-5-4-6-9-19/h4-6,8-9,11-12,16H,7,10,13-15H2,1-3H3,(H,22,24). The molecule has 1 amide bonds. The molecule has 0 heterocycles. The minimum Gasteiger partial charge on any atom is -0.326 e. The summed E-state index contributed by atoms with van der Waals surface area (Å²) in [6.45, 7) is 4.60. The number of sulfonamides is 1. The van der Waals surface area contributed by atoms with E-state index in [1.54, 1.807) is 0 Å². The molecule has 0 saturated carbocycles. The van der Waals surface area contributed by atoms with E-state index < -0.39 is 10.0 Å². The molecule has 0 aromatic heterocycles. The summed E-state index contributed by atoms with van der Waals surface area (Å²) in [4.78, 5) is 12.2. The second-order valence-corrected chi connectivity index (χ2v) is 8.83. The first-order chi connectivity index (χ1) is 12.8. The zero-order chi connectivity index (χ0) is 19.9. The van der Waals surface area contributed by atoms with E-state index in [1.165, 1.54) is 16.1 Å². The van der Waals surface area contributed by atoms with Gasteiger partial charge >= 0.3 is 0 Å². The van der Waals surface area contributed by atoms with Crippen LogP contribution in [0.15, 0.2) is 48.5 Å². The van der Waals surface area contributed by atoms with Gasteiger partial charge in [-0.15, -0.1) is 0 Å². The summed E-state index contributed by atoms with van der Waals surface area (Å²) in [6.07, 6.45) is 2.85. The van der Waals surface area contributed by atoms with Crippen LogP contribution in [0.3, 0.4) is 0 Å². The minimum atomic E-state index is -3.35. The maximum atomic E-state index is 12.2. The molecule has 146 valence electrons. The number of nitrogens with zero attached hydrogens (tertiary/aromatic N) is 1. The van der Waals surface area contributed by atoms with Crippen LogP contribution in [0, 0.1) is 13.8 Å². The molecule has 2 aromatic carbocycles. The van der Waals surface area contributed by atoms with Gasteiger partial charge in [0, 0.05) is 25.2 Å². The third-order valence-corrected chi connectivity index (χ3v) is 5.87. The number of hydrogen-bond acceptors (Lipinski definition) is 3. The van der Waals surface area contributed by atoms with Crippen molar-refractivity contribution in [2.45, 2.75) is 33.1 Å². The molecule has 0 saturated heterocycles. The third kappa shape index (κ3) is 7.15. The Morgan fingerprint density at radius 3 is 2.33 bits per heavy atom. The number of aryl methyl sites for hydroxylation is 3. The first kappa shape index (κ1) is 21.1. The zero-order valence-corrected chi connectivity index (χ0v) is 17.1. The molecule has 0 atom stereocenters. The van der Waals surface area contributed by atoms with E-state index in [2.05, 4.69) is 5.32 Å². The molecule has 0 aliphatic heterocycles. The van der Waals surface area contributed by atoms with Crippen LogP contribution >= 0.6 is 0 Å². The van der Waals surface area contributed by atoms with Crippen LogP contribution in [0.25, 0.3) is 0 Å². The number of anilines is 1. The van der Waals surface area contributed by atoms with Crippen molar-refractivity contribution in [3.05, 3.63) is 65.2 Å². The highest BCUT2D eigenvalue weighted by atomic mass is 32.2. The normalized spacial score (nSPS) is 11.6. The topological polar surface area (TPSA) is 66.5 Å². The van der Waals surface area contributed by atoms with Crippen LogP contribution in [0.2, 0.25) is 0 Å². The molecule has 6 heteroatoms. The molecule has 0 unspecified atom stereocenters. The summed E-state index contributed by atoms with van der Waals surface area (Å²) >= 11 is 0. The van der Waals surface area contributed by atoms with Crippen LogP contribution < -0.4 is 5.32 Å². The quantitative estimate of drug-likeness (QED) is 0.715. The second-order valence-electron chi connectivity index (χ2n) is 6.85. The van der Waals surface area contributed by atoms with Gasteiger partial charge in [-0.3, -0.25) is 4.79 Å². The average Bonchev–Trinajstić information content (AvgIpc) is 2.61. The Hall–Kier alpha value is -2.18. The Kier molecular flexibility index (Phi) is 7.56. The summed E-state index contributed by atoms with van der Waals surface area (Å²) in [6, 6.07) is 15.7. The van der Waals surface area contributed by atoms with Crippen molar-refractivity contribution in [1.82, 2.24) is 4.31 Å². The van der Waals surface area contributed by atoms with E-state index in [0.29, 0.717) is 6.54 Å². The molecule has 27 heavy (non-hydrogen) atoms. The number of amides is 1. The lowest BCUT2D eigenvalue weighted by atomic mass is 10.1. The summed E-state index contributed by atoms with van der Waals surface area (Å²) in [7, 11) is -3.35. The van der Waals surface area contributed by atoms with E-state index in [4.69, 9.17) is 0 Å². The predicted octanol–water partition coefficient (Wildman–Crippen LogP) is 3.53. The molecule has 0 bridgehead atoms. The van der Waals surface area contributed by atoms with Crippen molar-refractivity contribution < 1.29 is 13.2 Å². The summed E-state index contributed by atoms with van der Waals surface area (Å²) in [5.41, 5.74) is 4.18. The maximum Gasteiger partial charge on any atom is 0.225 e. The Balaban J connectivity index is 1.86. The number of nitrogens with one attached hydrogen (secondary N) is 1. The maximum absolute atomic E-state index is 12.2. The first-order valence-electron chi connectivity index (χ1n) is 9.12. The van der Waals surface area contributed by atoms with E-state index in [-0.39, 0.29) is 18.9 Å². The van der Waals surface area contributed by atoms with Crippen molar-refractivity contribution in [2.75, 3.05) is 24.7 Å². The van der Waals surface area contributed by atoms with Gasteiger partial charge in [-0.05, 0) is 55.5 Å². The van der Waals surface area contributed by atoms with Gasteiger partial charge in [0.05, 0.1) is 6.26 Å². The molecular formula is C21H28N2O3S. The molecular weight excluding hydrogens is 360 g/mol. The monoisotopic (exact) mass is 388 g/mol. The van der Waals surface area contributed by atoms with Crippen LogP contribution in [0.5, 0.6) is 0 Å². The SMILES string of the molecule is Cc1ccc(NC(=O)CCN(CCCc2ccccc2)S(C)(=O)=O)cc1C. The fraction of sp³-hybridized carbons (Fsp3) is 0.381. The Bertz CT molecular complexity index is 864. The van der Waals surface area contributed by atoms with Gasteiger partial charge in [0.1, 0.15) is 0 Å². The first-order valence-corrected chi connectivity index (χ1v) is 11.0. The van der Waals surface area contributed by atoms with Crippen LogP contribution in [-0.2, 0) is 21.2 Å². The average molecular weight is 389 g/mol. The van der Waals surface area contributed by atoms with Crippen LogP contribution in [0.1, 0.15) is 29.5 Å². The summed E-state index contributed by atoms with van der Waals surface area (Å²) in [5.74, 6) is -0.185. The Labute approximate surface area is 162 Å². The van der Waals surface area contributed by atoms with Crippen molar-refractivity contribution in [2.24, 2.45) is 0 Å². The van der Waals surface area contributed by atoms with E-state index in [0.717, 1.165) is 29.7 Å². The third-order valence-electron chi connectivity index (χ3n) is 4.56. The van der Waals surface area contributed by atoms with E-state index in [1.807, 2.05) is 62.4 Å². The number of carbonyl (C=O) groups is 1. The van der Waals surface area contributed by atoms with Crippen molar-refractivity contribution in [3.8, 4) is 0 Å². The van der Waals surface area contributed by atoms with E-state index >= 15 is 0 Å². The zero-order valence-electron chi connectivity index (χ0n) is 16.2. The van der Waals surface area contributed by atoms with Crippen molar-refractivity contribution >= 4 is 21.6 Å².